The highest BCUT2D eigenvalue weighted by atomic mass is 35.5. The zero-order valence-corrected chi connectivity index (χ0v) is 11.8. The van der Waals surface area contributed by atoms with Gasteiger partial charge in [0.15, 0.2) is 0 Å². The molecule has 1 saturated heterocycles. The highest BCUT2D eigenvalue weighted by Gasteiger charge is 2.34. The summed E-state index contributed by atoms with van der Waals surface area (Å²) in [5.74, 6) is -1.39. The van der Waals surface area contributed by atoms with Gasteiger partial charge in [0.2, 0.25) is 5.91 Å². The average molecular weight is 306 g/mol. The van der Waals surface area contributed by atoms with E-state index in [0.717, 1.165) is 5.56 Å². The van der Waals surface area contributed by atoms with Crippen LogP contribution in [0.4, 0.5) is 9.57 Å². The number of benzene rings is 1. The molecular formula is C12H13ClFNO3S. The Kier molecular flexibility index (Phi) is 3.82. The topological polar surface area (TPSA) is 54.5 Å². The molecule has 0 spiro atoms. The standard InChI is InChI=1S/C12H13ClFNO3S/c1-8-2-3-10(13)11(4-8)15-6-9(5-12(15)16)7-19(14,17)18/h2-4,9H,5-7H2,1H3. The molecular weight excluding hydrogens is 293 g/mol. The van der Waals surface area contributed by atoms with E-state index in [0.29, 0.717) is 10.7 Å². The molecule has 19 heavy (non-hydrogen) atoms. The molecule has 1 fully saturated rings. The van der Waals surface area contributed by atoms with Gasteiger partial charge in [0.1, 0.15) is 0 Å². The van der Waals surface area contributed by atoms with Gasteiger partial charge in [-0.1, -0.05) is 17.7 Å². The maximum Gasteiger partial charge on any atom is 0.302 e. The van der Waals surface area contributed by atoms with Gasteiger partial charge in [-0.15, -0.1) is 3.89 Å². The average Bonchev–Trinajstić information content (AvgIpc) is 2.60. The van der Waals surface area contributed by atoms with Crippen LogP contribution in [0.2, 0.25) is 5.02 Å². The SMILES string of the molecule is Cc1ccc(Cl)c(N2CC(CS(=O)(=O)F)CC2=O)c1. The summed E-state index contributed by atoms with van der Waals surface area (Å²) in [6, 6.07) is 5.25. The van der Waals surface area contributed by atoms with Crippen LogP contribution < -0.4 is 4.90 Å². The molecule has 2 rings (SSSR count). The number of rotatable bonds is 3. The zero-order valence-electron chi connectivity index (χ0n) is 10.3. The van der Waals surface area contributed by atoms with E-state index < -0.39 is 21.9 Å². The predicted octanol–water partition coefficient (Wildman–Crippen LogP) is 2.30. The predicted molar refractivity (Wildman–Crippen MR) is 71.5 cm³/mol. The first kappa shape index (κ1) is 14.3. The quantitative estimate of drug-likeness (QED) is 0.805. The third kappa shape index (κ3) is 3.45. The Morgan fingerprint density at radius 2 is 2.16 bits per heavy atom. The third-order valence-corrected chi connectivity index (χ3v) is 4.22. The molecule has 1 heterocycles. The molecule has 0 aromatic heterocycles. The Balaban J connectivity index is 2.23. The molecule has 0 aliphatic carbocycles. The van der Waals surface area contributed by atoms with Crippen molar-refractivity contribution >= 4 is 33.4 Å². The van der Waals surface area contributed by atoms with Crippen molar-refractivity contribution in [2.24, 2.45) is 5.92 Å². The van der Waals surface area contributed by atoms with Gasteiger partial charge in [0, 0.05) is 18.9 Å². The molecule has 104 valence electrons. The molecule has 1 aliphatic rings. The lowest BCUT2D eigenvalue weighted by molar-refractivity contribution is -0.117. The van der Waals surface area contributed by atoms with E-state index in [4.69, 9.17) is 11.6 Å². The molecule has 1 aromatic rings. The van der Waals surface area contributed by atoms with E-state index >= 15 is 0 Å². The molecule has 0 radical (unpaired) electrons. The molecule has 4 nitrogen and oxygen atoms in total. The summed E-state index contributed by atoms with van der Waals surface area (Å²) in [6.07, 6.45) is 0.0213. The van der Waals surface area contributed by atoms with Crippen LogP contribution >= 0.6 is 11.6 Å². The molecule has 0 saturated carbocycles. The van der Waals surface area contributed by atoms with Crippen molar-refractivity contribution in [3.05, 3.63) is 28.8 Å². The van der Waals surface area contributed by atoms with Crippen molar-refractivity contribution in [1.29, 1.82) is 0 Å². The monoisotopic (exact) mass is 305 g/mol. The number of hydrogen-bond acceptors (Lipinski definition) is 3. The number of halogens is 2. The van der Waals surface area contributed by atoms with Gasteiger partial charge in [-0.25, -0.2) is 0 Å². The molecule has 1 atom stereocenters. The largest absolute Gasteiger partial charge is 0.311 e. The lowest BCUT2D eigenvalue weighted by Gasteiger charge is -2.18. The van der Waals surface area contributed by atoms with Crippen molar-refractivity contribution in [1.82, 2.24) is 0 Å². The first-order valence-electron chi connectivity index (χ1n) is 5.75. The number of amides is 1. The number of aryl methyl sites for hydroxylation is 1. The normalized spacial score (nSPS) is 20.1. The summed E-state index contributed by atoms with van der Waals surface area (Å²) in [5.41, 5.74) is 1.49. The number of anilines is 1. The second kappa shape index (κ2) is 5.09. The Morgan fingerprint density at radius 1 is 1.47 bits per heavy atom. The van der Waals surface area contributed by atoms with Crippen LogP contribution in [0.1, 0.15) is 12.0 Å². The fraction of sp³-hybridized carbons (Fsp3) is 0.417. The summed E-state index contributed by atoms with van der Waals surface area (Å²) in [4.78, 5) is 13.3. The highest BCUT2D eigenvalue weighted by molar-refractivity contribution is 7.86. The Hall–Kier alpha value is -1.14. The van der Waals surface area contributed by atoms with Crippen LogP contribution in [-0.4, -0.2) is 26.6 Å². The smallest absolute Gasteiger partial charge is 0.302 e. The molecule has 1 aromatic carbocycles. The lowest BCUT2D eigenvalue weighted by Crippen LogP contribution is -2.25. The summed E-state index contributed by atoms with van der Waals surface area (Å²) < 4.78 is 33.9. The zero-order chi connectivity index (χ0) is 14.2. The lowest BCUT2D eigenvalue weighted by atomic mass is 10.1. The first-order chi connectivity index (χ1) is 8.76. The summed E-state index contributed by atoms with van der Waals surface area (Å²) in [5, 5.41) is 0.419. The van der Waals surface area contributed by atoms with Crippen LogP contribution in [0.3, 0.4) is 0 Å². The Bertz CT molecular complexity index is 617. The second-order valence-corrected chi connectivity index (χ2v) is 6.55. The van der Waals surface area contributed by atoms with Crippen LogP contribution in [-0.2, 0) is 15.0 Å². The number of nitrogens with zero attached hydrogens (tertiary/aromatic N) is 1. The van der Waals surface area contributed by atoms with Gasteiger partial charge in [0.05, 0.1) is 16.5 Å². The van der Waals surface area contributed by atoms with Crippen molar-refractivity contribution in [3.63, 3.8) is 0 Å². The fourth-order valence-corrected chi connectivity index (χ4v) is 3.24. The van der Waals surface area contributed by atoms with Crippen molar-refractivity contribution in [2.75, 3.05) is 17.2 Å². The molecule has 7 heteroatoms. The Morgan fingerprint density at radius 3 is 2.79 bits per heavy atom. The van der Waals surface area contributed by atoms with Crippen LogP contribution in [0.25, 0.3) is 0 Å². The van der Waals surface area contributed by atoms with E-state index in [1.54, 1.807) is 12.1 Å². The van der Waals surface area contributed by atoms with E-state index in [-0.39, 0.29) is 18.9 Å². The van der Waals surface area contributed by atoms with Gasteiger partial charge in [-0.05, 0) is 24.6 Å². The van der Waals surface area contributed by atoms with Gasteiger partial charge >= 0.3 is 10.2 Å². The molecule has 1 unspecified atom stereocenters. The van der Waals surface area contributed by atoms with E-state index in [2.05, 4.69) is 0 Å². The van der Waals surface area contributed by atoms with Crippen molar-refractivity contribution in [3.8, 4) is 0 Å². The van der Waals surface area contributed by atoms with Crippen LogP contribution in [0, 0.1) is 12.8 Å². The molecule has 0 bridgehead atoms. The summed E-state index contributed by atoms with van der Waals surface area (Å²) in [6.45, 7) is 2.04. The molecule has 1 amide bonds. The maximum absolute atomic E-state index is 12.7. The van der Waals surface area contributed by atoms with E-state index in [1.807, 2.05) is 13.0 Å². The maximum atomic E-state index is 12.7. The van der Waals surface area contributed by atoms with Crippen molar-refractivity contribution < 1.29 is 17.1 Å². The minimum Gasteiger partial charge on any atom is -0.311 e. The highest BCUT2D eigenvalue weighted by Crippen LogP contribution is 2.32. The third-order valence-electron chi connectivity index (χ3n) is 3.03. The number of hydrogen-bond donors (Lipinski definition) is 0. The number of carbonyl (C=O) groups excluding carboxylic acids is 1. The summed E-state index contributed by atoms with van der Waals surface area (Å²) >= 11 is 6.04. The van der Waals surface area contributed by atoms with Gasteiger partial charge in [-0.2, -0.15) is 8.42 Å². The van der Waals surface area contributed by atoms with E-state index in [9.17, 15) is 17.1 Å². The molecule has 1 aliphatic heterocycles. The van der Waals surface area contributed by atoms with Gasteiger partial charge in [0.25, 0.3) is 0 Å². The molecule has 0 N–H and O–H groups in total. The van der Waals surface area contributed by atoms with Crippen LogP contribution in [0.15, 0.2) is 18.2 Å². The van der Waals surface area contributed by atoms with Gasteiger partial charge in [-0.3, -0.25) is 4.79 Å². The fourth-order valence-electron chi connectivity index (χ4n) is 2.24. The second-order valence-electron chi connectivity index (χ2n) is 4.73. The van der Waals surface area contributed by atoms with Gasteiger partial charge < -0.3 is 4.90 Å². The van der Waals surface area contributed by atoms with E-state index in [1.165, 1.54) is 4.90 Å². The van der Waals surface area contributed by atoms with Crippen molar-refractivity contribution in [2.45, 2.75) is 13.3 Å². The summed E-state index contributed by atoms with van der Waals surface area (Å²) in [7, 11) is -4.57. The minimum atomic E-state index is -4.57. The Labute approximate surface area is 116 Å². The minimum absolute atomic E-state index is 0.0213. The first-order valence-corrected chi connectivity index (χ1v) is 7.68. The number of carbonyl (C=O) groups is 1. The van der Waals surface area contributed by atoms with Crippen LogP contribution in [0.5, 0.6) is 0 Å².